The second-order valence-electron chi connectivity index (χ2n) is 5.76. The van der Waals surface area contributed by atoms with E-state index in [0.29, 0.717) is 31.6 Å². The van der Waals surface area contributed by atoms with E-state index in [1.807, 2.05) is 44.2 Å². The maximum absolute atomic E-state index is 12.6. The fourth-order valence-corrected chi connectivity index (χ4v) is 3.62. The summed E-state index contributed by atoms with van der Waals surface area (Å²) in [7, 11) is 0. The SMILES string of the molecule is Cc1ccc(Cl)c(O[C@H](C)c2nn3c(=O)c4ccccc4nc3s2)c1. The first-order valence-corrected chi connectivity index (χ1v) is 8.94. The normalized spacial score (nSPS) is 12.6. The Bertz CT molecular complexity index is 1150. The predicted octanol–water partition coefficient (Wildman–Crippen LogP) is 4.41. The van der Waals surface area contributed by atoms with Crippen LogP contribution < -0.4 is 10.3 Å². The van der Waals surface area contributed by atoms with Gasteiger partial charge in [0, 0.05) is 0 Å². The molecule has 0 unspecified atom stereocenters. The molecule has 0 aliphatic rings. The molecule has 5 nitrogen and oxygen atoms in total. The van der Waals surface area contributed by atoms with Crippen LogP contribution in [-0.4, -0.2) is 14.6 Å². The molecular formula is C18H14ClN3O2S. The zero-order chi connectivity index (χ0) is 17.6. The summed E-state index contributed by atoms with van der Waals surface area (Å²) in [5.74, 6) is 0.596. The van der Waals surface area contributed by atoms with Gasteiger partial charge in [-0.3, -0.25) is 4.79 Å². The maximum atomic E-state index is 12.6. The lowest BCUT2D eigenvalue weighted by Crippen LogP contribution is -2.15. The van der Waals surface area contributed by atoms with Crippen molar-refractivity contribution in [2.45, 2.75) is 20.0 Å². The molecule has 1 atom stereocenters. The van der Waals surface area contributed by atoms with Crippen LogP contribution in [0.15, 0.2) is 47.3 Å². The van der Waals surface area contributed by atoms with Crippen LogP contribution in [0, 0.1) is 6.92 Å². The summed E-state index contributed by atoms with van der Waals surface area (Å²) in [6.07, 6.45) is -0.353. The van der Waals surface area contributed by atoms with Crippen molar-refractivity contribution in [3.8, 4) is 5.75 Å². The van der Waals surface area contributed by atoms with E-state index in [2.05, 4.69) is 10.1 Å². The minimum atomic E-state index is -0.353. The molecule has 0 amide bonds. The second kappa shape index (κ2) is 6.13. The van der Waals surface area contributed by atoms with Crippen LogP contribution in [0.1, 0.15) is 23.6 Å². The largest absolute Gasteiger partial charge is 0.482 e. The molecule has 2 aromatic carbocycles. The minimum absolute atomic E-state index is 0.177. The molecule has 0 bridgehead atoms. The van der Waals surface area contributed by atoms with Crippen molar-refractivity contribution >= 4 is 38.8 Å². The molecule has 0 spiro atoms. The van der Waals surface area contributed by atoms with E-state index in [1.54, 1.807) is 12.1 Å². The van der Waals surface area contributed by atoms with Crippen LogP contribution in [0.3, 0.4) is 0 Å². The van der Waals surface area contributed by atoms with Gasteiger partial charge >= 0.3 is 0 Å². The molecule has 0 radical (unpaired) electrons. The van der Waals surface area contributed by atoms with E-state index in [1.165, 1.54) is 15.9 Å². The van der Waals surface area contributed by atoms with Crippen LogP contribution in [0.25, 0.3) is 15.9 Å². The van der Waals surface area contributed by atoms with Gasteiger partial charge in [0.15, 0.2) is 5.01 Å². The van der Waals surface area contributed by atoms with Crippen molar-refractivity contribution in [1.29, 1.82) is 0 Å². The standard InChI is InChI=1S/C18H14ClN3O2S/c1-10-7-8-13(19)15(9-10)24-11(2)16-21-22-17(23)12-5-3-4-6-14(12)20-18(22)25-16/h3-9,11H,1-2H3/t11-/m1/s1. The van der Waals surface area contributed by atoms with Crippen LogP contribution in [0.5, 0.6) is 5.75 Å². The number of rotatable bonds is 3. The lowest BCUT2D eigenvalue weighted by atomic mass is 10.2. The molecule has 0 fully saturated rings. The smallest absolute Gasteiger partial charge is 0.283 e. The van der Waals surface area contributed by atoms with Crippen molar-refractivity contribution in [2.75, 3.05) is 0 Å². The van der Waals surface area contributed by atoms with Gasteiger partial charge in [-0.25, -0.2) is 4.98 Å². The first kappa shape index (κ1) is 16.1. The molecule has 4 rings (SSSR count). The second-order valence-corrected chi connectivity index (χ2v) is 7.16. The number of aromatic nitrogens is 3. The highest BCUT2D eigenvalue weighted by molar-refractivity contribution is 7.16. The van der Waals surface area contributed by atoms with E-state index >= 15 is 0 Å². The van der Waals surface area contributed by atoms with E-state index < -0.39 is 0 Å². The first-order valence-electron chi connectivity index (χ1n) is 7.74. The molecule has 0 aliphatic carbocycles. The monoisotopic (exact) mass is 371 g/mol. The van der Waals surface area contributed by atoms with Gasteiger partial charge in [0.25, 0.3) is 5.56 Å². The number of aryl methyl sites for hydroxylation is 1. The Labute approximate surface area is 152 Å². The predicted molar refractivity (Wildman–Crippen MR) is 99.9 cm³/mol. The summed E-state index contributed by atoms with van der Waals surface area (Å²) >= 11 is 7.53. The summed E-state index contributed by atoms with van der Waals surface area (Å²) in [5, 5.41) is 6.16. The van der Waals surface area contributed by atoms with Crippen molar-refractivity contribution in [3.63, 3.8) is 0 Å². The maximum Gasteiger partial charge on any atom is 0.283 e. The van der Waals surface area contributed by atoms with Crippen molar-refractivity contribution in [3.05, 3.63) is 68.4 Å². The Morgan fingerprint density at radius 3 is 2.88 bits per heavy atom. The van der Waals surface area contributed by atoms with Crippen LogP contribution in [-0.2, 0) is 0 Å². The fraction of sp³-hybridized carbons (Fsp3) is 0.167. The number of para-hydroxylation sites is 1. The number of halogens is 1. The van der Waals surface area contributed by atoms with E-state index in [4.69, 9.17) is 16.3 Å². The van der Waals surface area contributed by atoms with Gasteiger partial charge in [0.1, 0.15) is 11.9 Å². The highest BCUT2D eigenvalue weighted by Crippen LogP contribution is 2.31. The molecule has 2 aromatic heterocycles. The molecule has 0 saturated carbocycles. The zero-order valence-corrected chi connectivity index (χ0v) is 15.1. The van der Waals surface area contributed by atoms with Crippen LogP contribution in [0.2, 0.25) is 5.02 Å². The van der Waals surface area contributed by atoms with Crippen molar-refractivity contribution < 1.29 is 4.74 Å². The average Bonchev–Trinajstić information content (AvgIpc) is 3.03. The summed E-state index contributed by atoms with van der Waals surface area (Å²) in [6, 6.07) is 12.9. The van der Waals surface area contributed by atoms with Crippen LogP contribution >= 0.6 is 22.9 Å². The third-order valence-electron chi connectivity index (χ3n) is 3.86. The third kappa shape index (κ3) is 2.88. The molecular weight excluding hydrogens is 358 g/mol. The third-order valence-corrected chi connectivity index (χ3v) is 5.24. The quantitative estimate of drug-likeness (QED) is 0.535. The number of hydrogen-bond donors (Lipinski definition) is 0. The molecule has 126 valence electrons. The van der Waals surface area contributed by atoms with Crippen molar-refractivity contribution in [2.24, 2.45) is 0 Å². The molecule has 0 aliphatic heterocycles. The van der Waals surface area contributed by atoms with E-state index in [0.717, 1.165) is 5.56 Å². The summed E-state index contributed by atoms with van der Waals surface area (Å²) in [5.41, 5.74) is 1.54. The highest BCUT2D eigenvalue weighted by Gasteiger charge is 2.17. The van der Waals surface area contributed by atoms with E-state index in [-0.39, 0.29) is 11.7 Å². The molecule has 2 heterocycles. The van der Waals surface area contributed by atoms with Crippen molar-refractivity contribution in [1.82, 2.24) is 14.6 Å². The van der Waals surface area contributed by atoms with Crippen LogP contribution in [0.4, 0.5) is 0 Å². The van der Waals surface area contributed by atoms with Gasteiger partial charge in [0.05, 0.1) is 15.9 Å². The Kier molecular flexibility index (Phi) is 3.94. The number of benzene rings is 2. The summed E-state index contributed by atoms with van der Waals surface area (Å²) in [4.78, 5) is 17.6. The molecule has 7 heteroatoms. The van der Waals surface area contributed by atoms with Gasteiger partial charge in [-0.15, -0.1) is 0 Å². The fourth-order valence-electron chi connectivity index (χ4n) is 2.58. The van der Waals surface area contributed by atoms with E-state index in [9.17, 15) is 4.79 Å². The topological polar surface area (TPSA) is 56.5 Å². The number of fused-ring (bicyclic) bond motifs is 2. The van der Waals surface area contributed by atoms with Gasteiger partial charge in [-0.2, -0.15) is 9.61 Å². The molecule has 4 aromatic rings. The Balaban J connectivity index is 1.76. The minimum Gasteiger partial charge on any atom is -0.482 e. The van der Waals surface area contributed by atoms with Gasteiger partial charge in [0.2, 0.25) is 4.96 Å². The Morgan fingerprint density at radius 1 is 1.24 bits per heavy atom. The van der Waals surface area contributed by atoms with Gasteiger partial charge < -0.3 is 4.74 Å². The summed E-state index contributed by atoms with van der Waals surface area (Å²) < 4.78 is 7.29. The Morgan fingerprint density at radius 2 is 2.04 bits per heavy atom. The number of nitrogens with zero attached hydrogens (tertiary/aromatic N) is 3. The van der Waals surface area contributed by atoms with Gasteiger partial charge in [-0.05, 0) is 43.7 Å². The molecule has 25 heavy (non-hydrogen) atoms. The van der Waals surface area contributed by atoms with Gasteiger partial charge in [-0.1, -0.05) is 41.1 Å². The Hall–Kier alpha value is -2.44. The molecule has 0 N–H and O–H groups in total. The zero-order valence-electron chi connectivity index (χ0n) is 13.6. The lowest BCUT2D eigenvalue weighted by Gasteiger charge is -2.13. The highest BCUT2D eigenvalue weighted by atomic mass is 35.5. The lowest BCUT2D eigenvalue weighted by molar-refractivity contribution is 0.225. The number of hydrogen-bond acceptors (Lipinski definition) is 5. The average molecular weight is 372 g/mol. The number of ether oxygens (including phenoxy) is 1. The molecule has 0 saturated heterocycles. The summed E-state index contributed by atoms with van der Waals surface area (Å²) in [6.45, 7) is 3.85. The first-order chi connectivity index (χ1) is 12.0.